The molecule has 0 aromatic rings. The minimum absolute atomic E-state index is 0.0279. The molecule has 0 saturated heterocycles. The Morgan fingerprint density at radius 2 is 0.473 bits per heavy atom. The second kappa shape index (κ2) is 83.6. The maximum atomic E-state index is 12.1. The Hall–Kier alpha value is -4.80. The molecule has 12 N–H and O–H groups in total. The number of carbonyl (C=O) groups excluding carboxylic acids is 8. The van der Waals surface area contributed by atoms with Gasteiger partial charge in [0.2, 0.25) is 35.4 Å². The Labute approximate surface area is 666 Å². The largest absolute Gasteiger partial charge is 0.466 e. The first-order valence-electron chi connectivity index (χ1n) is 42.4. The van der Waals surface area contributed by atoms with Gasteiger partial charge in [0.05, 0.1) is 64.7 Å². The monoisotopic (exact) mass is 1580 g/mol. The van der Waals surface area contributed by atoms with E-state index in [1.807, 2.05) is 65.2 Å². The lowest BCUT2D eigenvalue weighted by atomic mass is 10.2. The number of likely N-dealkylation sites (N-methyl/N-ethyl adjacent to an activating group) is 2. The number of amides is 6. The molecule has 652 valence electrons. The fourth-order valence-corrected chi connectivity index (χ4v) is 11.2. The average Bonchev–Trinajstić information content (AvgIpc) is 0.956. The van der Waals surface area contributed by atoms with Crippen molar-refractivity contribution in [3.05, 3.63) is 0 Å². The highest BCUT2D eigenvalue weighted by Gasteiger charge is 2.18. The van der Waals surface area contributed by atoms with Crippen LogP contribution in [0.15, 0.2) is 0 Å². The summed E-state index contributed by atoms with van der Waals surface area (Å²) in [6, 6.07) is 0. The summed E-state index contributed by atoms with van der Waals surface area (Å²) in [5.41, 5.74) is 0. The van der Waals surface area contributed by atoms with E-state index in [-0.39, 0.29) is 86.0 Å². The lowest BCUT2D eigenvalue weighted by Gasteiger charge is -2.25. The lowest BCUT2D eigenvalue weighted by molar-refractivity contribution is -0.144. The number of esters is 2. The van der Waals surface area contributed by atoms with Gasteiger partial charge in [0, 0.05) is 169 Å². The molecular weight excluding hydrogens is 1410 g/mol. The van der Waals surface area contributed by atoms with Crippen LogP contribution in [0.2, 0.25) is 0 Å². The highest BCUT2D eigenvalue weighted by atomic mass is 16.5. The molecule has 0 aliphatic heterocycles. The van der Waals surface area contributed by atoms with Crippen molar-refractivity contribution in [2.75, 3.05) is 237 Å². The van der Waals surface area contributed by atoms with E-state index in [1.54, 1.807) is 0 Å². The number of nitrogens with one attached hydrogen (secondary N) is 6. The summed E-state index contributed by atoms with van der Waals surface area (Å²) in [4.78, 5) is 113. The van der Waals surface area contributed by atoms with Gasteiger partial charge in [-0.05, 0) is 156 Å². The van der Waals surface area contributed by atoms with E-state index in [1.165, 1.54) is 0 Å². The Morgan fingerprint density at radius 1 is 0.273 bits per heavy atom. The molecule has 0 saturated carbocycles. The van der Waals surface area contributed by atoms with E-state index < -0.39 is 0 Å². The molecule has 0 aromatic heterocycles. The SMILES string of the molecule is CCCC(O)CN(C)CCCN(C)CC(O)CCC.CCCNC(=O)CCN(CCCN(CCC(=O)NCCC)CCC(=O)NCCC)CCC(=O)NCCC.CCCNC(=O)CCN(CCCN(CCO)CCO)CCC(=O)NCCC.CCCOC(=O)CCN(CCCN(CCO)CCO)CCC(=O)OCCC. The number of hydrogen-bond acceptors (Lipinski definition) is 24. The number of rotatable bonds is 72. The second-order valence-electron chi connectivity index (χ2n) is 28.3. The van der Waals surface area contributed by atoms with Gasteiger partial charge < -0.3 is 101 Å². The van der Waals surface area contributed by atoms with Gasteiger partial charge in [-0.3, -0.25) is 48.2 Å². The summed E-state index contributed by atoms with van der Waals surface area (Å²) in [7, 11) is 4.12. The Kier molecular flexibility index (Phi) is 84.8. The van der Waals surface area contributed by atoms with Gasteiger partial charge >= 0.3 is 11.9 Å². The quantitative estimate of drug-likeness (QED) is 0.0387. The van der Waals surface area contributed by atoms with Crippen LogP contribution in [-0.4, -0.2) is 366 Å². The summed E-state index contributed by atoms with van der Waals surface area (Å²) in [6.45, 7) is 40.2. The Morgan fingerprint density at radius 3 is 0.664 bits per heavy atom. The zero-order valence-corrected chi connectivity index (χ0v) is 71.5. The molecular formula is C80H166N14O16. The summed E-state index contributed by atoms with van der Waals surface area (Å²) in [5, 5.41) is 73.1. The summed E-state index contributed by atoms with van der Waals surface area (Å²) >= 11 is 0. The third-order valence-corrected chi connectivity index (χ3v) is 17.4. The molecule has 30 nitrogen and oxygen atoms in total. The predicted molar refractivity (Wildman–Crippen MR) is 442 cm³/mol. The van der Waals surface area contributed by atoms with Gasteiger partial charge in [-0.25, -0.2) is 0 Å². The number of aliphatic hydroxyl groups is 6. The fourth-order valence-electron chi connectivity index (χ4n) is 11.2. The van der Waals surface area contributed by atoms with Gasteiger partial charge in [-0.15, -0.1) is 0 Å². The maximum absolute atomic E-state index is 12.1. The molecule has 0 bridgehead atoms. The second-order valence-corrected chi connectivity index (χ2v) is 28.3. The van der Waals surface area contributed by atoms with Crippen LogP contribution in [-0.2, 0) is 47.8 Å². The normalized spacial score (nSPS) is 11.8. The highest BCUT2D eigenvalue weighted by molar-refractivity contribution is 5.78. The summed E-state index contributed by atoms with van der Waals surface area (Å²) < 4.78 is 10.2. The molecule has 6 amide bonds. The van der Waals surface area contributed by atoms with Crippen LogP contribution >= 0.6 is 0 Å². The Balaban J connectivity index is -0.000000698. The van der Waals surface area contributed by atoms with Crippen molar-refractivity contribution < 1.29 is 78.5 Å². The smallest absolute Gasteiger partial charge is 0.307 e. The van der Waals surface area contributed by atoms with E-state index in [0.29, 0.717) is 182 Å². The van der Waals surface area contributed by atoms with Gasteiger partial charge in [0.25, 0.3) is 0 Å². The predicted octanol–water partition coefficient (Wildman–Crippen LogP) is 3.66. The first-order chi connectivity index (χ1) is 53.0. The molecule has 0 aliphatic rings. The molecule has 0 heterocycles. The minimum atomic E-state index is -0.224. The molecule has 0 aliphatic carbocycles. The third kappa shape index (κ3) is 78.5. The molecule has 0 fully saturated rings. The zero-order chi connectivity index (χ0) is 83.1. The van der Waals surface area contributed by atoms with Crippen molar-refractivity contribution in [3.63, 3.8) is 0 Å². The van der Waals surface area contributed by atoms with Crippen LogP contribution in [0.3, 0.4) is 0 Å². The Bertz CT molecular complexity index is 1910. The van der Waals surface area contributed by atoms with Gasteiger partial charge in [0.1, 0.15) is 0 Å². The minimum Gasteiger partial charge on any atom is -0.466 e. The molecule has 2 unspecified atom stereocenters. The van der Waals surface area contributed by atoms with Crippen molar-refractivity contribution in [1.29, 1.82) is 0 Å². The third-order valence-electron chi connectivity index (χ3n) is 17.4. The molecule has 0 aromatic carbocycles. The van der Waals surface area contributed by atoms with E-state index in [0.717, 1.165) is 168 Å². The van der Waals surface area contributed by atoms with E-state index in [2.05, 4.69) is 89.2 Å². The van der Waals surface area contributed by atoms with Crippen molar-refractivity contribution >= 4 is 47.4 Å². The average molecular weight is 1580 g/mol. The number of ether oxygens (including phenoxy) is 2. The highest BCUT2D eigenvalue weighted by Crippen LogP contribution is 2.08. The van der Waals surface area contributed by atoms with Gasteiger partial charge in [0.15, 0.2) is 0 Å². The van der Waals surface area contributed by atoms with E-state index >= 15 is 0 Å². The van der Waals surface area contributed by atoms with Crippen LogP contribution in [0.25, 0.3) is 0 Å². The molecule has 0 spiro atoms. The number of carbonyl (C=O) groups is 8. The van der Waals surface area contributed by atoms with Crippen LogP contribution in [0.4, 0.5) is 0 Å². The lowest BCUT2D eigenvalue weighted by Crippen LogP contribution is -2.38. The standard InChI is InChI=1S/C27H54N6O4.C19H40N4O4.C19H38N2O6.C15H34N2O2/c1-5-14-28-24(34)10-20-32(21-11-25(35)29-15-6-2)18-9-19-33(22-12-26(36)30-16-7-3)23-13-27(37)31-17-8-4;1-3-8-20-18(26)6-12-22(13-7-19(27)21-9-4-2)10-5-11-23(14-16-24)15-17-25;1-3-16-26-18(24)6-10-20(11-7-19(25)27-17-4-2)8-5-9-21(12-14-22)13-15-23;1-5-8-14(18)12-16(3)10-7-11-17(4)13-15(19)9-6-2/h5-23H2,1-4H3,(H,28,34)(H,29,35)(H,30,36)(H,31,37);24-25H,3-17H2,1-2H3,(H,20,26)(H,21,27);22-23H,3-17H2,1-2H3;14-15,18-19H,5-13H2,1-4H3. The maximum Gasteiger partial charge on any atom is 0.307 e. The topological polar surface area (TPSA) is 374 Å². The van der Waals surface area contributed by atoms with Crippen molar-refractivity contribution in [2.24, 2.45) is 0 Å². The first kappa shape index (κ1) is 112. The van der Waals surface area contributed by atoms with Crippen molar-refractivity contribution in [2.45, 2.75) is 236 Å². The van der Waals surface area contributed by atoms with Crippen LogP contribution in [0.1, 0.15) is 223 Å². The number of aliphatic hydroxyl groups excluding tert-OH is 6. The summed E-state index contributed by atoms with van der Waals surface area (Å²) in [5.74, 6) is -0.255. The van der Waals surface area contributed by atoms with E-state index in [4.69, 9.17) is 29.9 Å². The molecule has 0 radical (unpaired) electrons. The van der Waals surface area contributed by atoms with Gasteiger partial charge in [-0.2, -0.15) is 0 Å². The number of hydrogen-bond donors (Lipinski definition) is 12. The van der Waals surface area contributed by atoms with Crippen LogP contribution in [0.5, 0.6) is 0 Å². The molecule has 30 heteroatoms. The molecule has 0 rings (SSSR count). The van der Waals surface area contributed by atoms with Crippen molar-refractivity contribution in [1.82, 2.24) is 71.1 Å². The van der Waals surface area contributed by atoms with Gasteiger partial charge in [-0.1, -0.05) is 82.1 Å². The van der Waals surface area contributed by atoms with Crippen molar-refractivity contribution in [3.8, 4) is 0 Å². The van der Waals surface area contributed by atoms with E-state index in [9.17, 15) is 48.6 Å². The number of nitrogens with zero attached hydrogens (tertiary/aromatic N) is 8. The zero-order valence-electron chi connectivity index (χ0n) is 71.5. The molecule has 110 heavy (non-hydrogen) atoms. The molecule has 2 atom stereocenters. The van der Waals surface area contributed by atoms with Crippen LogP contribution in [0, 0.1) is 0 Å². The fraction of sp³-hybridized carbons (Fsp3) is 0.900. The summed E-state index contributed by atoms with van der Waals surface area (Å²) in [6.07, 6.45) is 17.0. The van der Waals surface area contributed by atoms with Crippen LogP contribution < -0.4 is 31.9 Å². The first-order valence-corrected chi connectivity index (χ1v) is 42.4.